The minimum Gasteiger partial charge on any atom is -0.466 e. The molecule has 0 unspecified atom stereocenters. The first kappa shape index (κ1) is 23.3. The summed E-state index contributed by atoms with van der Waals surface area (Å²) in [5.74, 6) is 0.956. The number of hydrogen-bond donors (Lipinski definition) is 0. The number of halogens is 2. The van der Waals surface area contributed by atoms with Crippen LogP contribution in [0.5, 0.6) is 0 Å². The monoisotopic (exact) mass is 490 g/mol. The quantitative estimate of drug-likeness (QED) is 0.489. The van der Waals surface area contributed by atoms with Crippen molar-refractivity contribution in [3.63, 3.8) is 0 Å². The molecule has 0 aliphatic carbocycles. The Labute approximate surface area is 201 Å². The van der Waals surface area contributed by atoms with Gasteiger partial charge in [-0.2, -0.15) is 14.6 Å². The molecule has 0 saturated carbocycles. The number of carbonyl (C=O) groups is 2. The largest absolute Gasteiger partial charge is 0.466 e. The van der Waals surface area contributed by atoms with E-state index in [0.717, 1.165) is 17.1 Å². The number of amides is 1. The van der Waals surface area contributed by atoms with Crippen molar-refractivity contribution in [2.24, 2.45) is 0 Å². The normalized spacial score (nSPS) is 14.1. The Balaban J connectivity index is 1.56. The van der Waals surface area contributed by atoms with Crippen molar-refractivity contribution in [3.8, 4) is 0 Å². The predicted molar refractivity (Wildman–Crippen MR) is 125 cm³/mol. The Morgan fingerprint density at radius 3 is 2.61 bits per heavy atom. The average molecular weight is 491 g/mol. The van der Waals surface area contributed by atoms with E-state index >= 15 is 0 Å². The molecule has 3 aromatic rings. The second-order valence-electron chi connectivity index (χ2n) is 7.68. The molecule has 3 heterocycles. The summed E-state index contributed by atoms with van der Waals surface area (Å²) in [7, 11) is 0. The van der Waals surface area contributed by atoms with Crippen molar-refractivity contribution in [2.45, 2.75) is 26.7 Å². The van der Waals surface area contributed by atoms with Gasteiger partial charge in [0.25, 0.3) is 11.7 Å². The van der Waals surface area contributed by atoms with Crippen molar-refractivity contribution in [1.29, 1.82) is 0 Å². The summed E-state index contributed by atoms with van der Waals surface area (Å²) in [6.07, 6.45) is 2.18. The molecule has 1 saturated heterocycles. The highest BCUT2D eigenvalue weighted by Gasteiger charge is 2.27. The minimum atomic E-state index is -0.253. The summed E-state index contributed by atoms with van der Waals surface area (Å²) in [4.78, 5) is 37.7. The highest BCUT2D eigenvalue weighted by Crippen LogP contribution is 2.27. The lowest BCUT2D eigenvalue weighted by Crippen LogP contribution is -2.49. The smallest absolute Gasteiger partial charge is 0.306 e. The number of fused-ring (bicyclic) bond motifs is 1. The number of anilines is 1. The van der Waals surface area contributed by atoms with Gasteiger partial charge >= 0.3 is 5.97 Å². The van der Waals surface area contributed by atoms with Crippen LogP contribution in [-0.4, -0.2) is 69.1 Å². The third kappa shape index (κ3) is 4.89. The topological polar surface area (TPSA) is 92.9 Å². The molecular weight excluding hydrogens is 467 g/mol. The second kappa shape index (κ2) is 9.93. The molecule has 174 valence electrons. The zero-order valence-corrected chi connectivity index (χ0v) is 19.9. The Morgan fingerprint density at radius 2 is 1.91 bits per heavy atom. The molecule has 0 spiro atoms. The summed E-state index contributed by atoms with van der Waals surface area (Å²) in [6, 6.07) is 4.88. The van der Waals surface area contributed by atoms with Crippen LogP contribution in [-0.2, 0) is 16.0 Å². The fraction of sp³-hybridized carbons (Fsp3) is 0.409. The molecule has 0 N–H and O–H groups in total. The van der Waals surface area contributed by atoms with Crippen LogP contribution in [0, 0.1) is 6.92 Å². The molecule has 33 heavy (non-hydrogen) atoms. The van der Waals surface area contributed by atoms with Gasteiger partial charge in [-0.15, -0.1) is 0 Å². The first-order valence-electron chi connectivity index (χ1n) is 10.7. The molecule has 1 aliphatic heterocycles. The summed E-state index contributed by atoms with van der Waals surface area (Å²) in [6.45, 7) is 6.22. The molecule has 11 heteroatoms. The number of carbonyl (C=O) groups excluding carboxylic acids is 2. The van der Waals surface area contributed by atoms with Gasteiger partial charge in [0.1, 0.15) is 12.1 Å². The van der Waals surface area contributed by atoms with E-state index in [4.69, 9.17) is 27.9 Å². The van der Waals surface area contributed by atoms with E-state index in [0.29, 0.717) is 60.6 Å². The maximum atomic E-state index is 13.0. The number of aromatic nitrogens is 4. The van der Waals surface area contributed by atoms with Crippen molar-refractivity contribution >= 4 is 46.7 Å². The molecule has 2 aromatic heterocycles. The summed E-state index contributed by atoms with van der Waals surface area (Å²) in [5.41, 5.74) is 2.14. The second-order valence-corrected chi connectivity index (χ2v) is 8.52. The van der Waals surface area contributed by atoms with Crippen molar-refractivity contribution in [3.05, 3.63) is 51.4 Å². The zero-order chi connectivity index (χ0) is 23.5. The van der Waals surface area contributed by atoms with E-state index < -0.39 is 0 Å². The van der Waals surface area contributed by atoms with Crippen LogP contribution in [0.4, 0.5) is 5.82 Å². The van der Waals surface area contributed by atoms with Crippen molar-refractivity contribution in [2.75, 3.05) is 37.7 Å². The number of benzene rings is 1. The first-order valence-corrected chi connectivity index (χ1v) is 11.5. The summed E-state index contributed by atoms with van der Waals surface area (Å²) in [5, 5.41) is 5.18. The van der Waals surface area contributed by atoms with E-state index in [2.05, 4.69) is 20.0 Å². The van der Waals surface area contributed by atoms with E-state index in [1.54, 1.807) is 34.5 Å². The van der Waals surface area contributed by atoms with E-state index in [-0.39, 0.29) is 18.3 Å². The fourth-order valence-corrected chi connectivity index (χ4v) is 4.49. The highest BCUT2D eigenvalue weighted by atomic mass is 35.5. The number of hydrogen-bond acceptors (Lipinski definition) is 7. The third-order valence-electron chi connectivity index (χ3n) is 5.62. The number of rotatable bonds is 6. The minimum absolute atomic E-state index is 0.129. The molecule has 1 fully saturated rings. The molecule has 1 aromatic carbocycles. The number of piperazine rings is 1. The standard InChI is InChI=1S/C22H24Cl2N6O3/c1-3-33-19(31)7-6-16-14(2)27-22-25-13-26-30(22)20(16)28-8-10-29(11-9-28)21(32)17-5-4-15(23)12-18(17)24/h4-5,12-13H,3,6-11H2,1-2H3. The van der Waals surface area contributed by atoms with Gasteiger partial charge in [0, 0.05) is 48.9 Å². The Bertz CT molecular complexity index is 1190. The summed E-state index contributed by atoms with van der Waals surface area (Å²) >= 11 is 12.2. The average Bonchev–Trinajstić information content (AvgIpc) is 3.25. The molecule has 1 aliphatic rings. The molecule has 0 atom stereocenters. The van der Waals surface area contributed by atoms with E-state index in [9.17, 15) is 9.59 Å². The molecular formula is C22H24Cl2N6O3. The van der Waals surface area contributed by atoms with Gasteiger partial charge < -0.3 is 14.5 Å². The van der Waals surface area contributed by atoms with Crippen LogP contribution in [0.25, 0.3) is 5.78 Å². The lowest BCUT2D eigenvalue weighted by Gasteiger charge is -2.37. The van der Waals surface area contributed by atoms with Crippen LogP contribution in [0.1, 0.15) is 35.0 Å². The molecule has 1 amide bonds. The SMILES string of the molecule is CCOC(=O)CCc1c(C)nc2ncnn2c1N1CCN(C(=O)c2ccc(Cl)cc2Cl)CC1. The van der Waals surface area contributed by atoms with Crippen LogP contribution in [0.15, 0.2) is 24.5 Å². The summed E-state index contributed by atoms with van der Waals surface area (Å²) < 4.78 is 6.79. The Morgan fingerprint density at radius 1 is 1.15 bits per heavy atom. The van der Waals surface area contributed by atoms with Gasteiger partial charge in [-0.3, -0.25) is 9.59 Å². The maximum Gasteiger partial charge on any atom is 0.306 e. The van der Waals surface area contributed by atoms with Gasteiger partial charge in [-0.25, -0.2) is 4.98 Å². The number of nitrogens with zero attached hydrogens (tertiary/aromatic N) is 6. The fourth-order valence-electron chi connectivity index (χ4n) is 4.00. The lowest BCUT2D eigenvalue weighted by molar-refractivity contribution is -0.143. The number of esters is 1. The number of aryl methyl sites for hydroxylation is 1. The zero-order valence-electron chi connectivity index (χ0n) is 18.4. The van der Waals surface area contributed by atoms with Gasteiger partial charge in [-0.1, -0.05) is 23.2 Å². The van der Waals surface area contributed by atoms with E-state index in [1.165, 1.54) is 6.33 Å². The van der Waals surface area contributed by atoms with Gasteiger partial charge in [0.05, 0.1) is 17.2 Å². The molecule has 9 nitrogen and oxygen atoms in total. The van der Waals surface area contributed by atoms with Crippen LogP contribution in [0.2, 0.25) is 10.0 Å². The van der Waals surface area contributed by atoms with Crippen LogP contribution < -0.4 is 4.90 Å². The molecule has 0 bridgehead atoms. The molecule has 0 radical (unpaired) electrons. The Kier molecular flexibility index (Phi) is 6.99. The van der Waals surface area contributed by atoms with Crippen molar-refractivity contribution < 1.29 is 14.3 Å². The van der Waals surface area contributed by atoms with E-state index in [1.807, 2.05) is 6.92 Å². The molecule has 4 rings (SSSR count). The van der Waals surface area contributed by atoms with Gasteiger partial charge in [0.15, 0.2) is 0 Å². The van der Waals surface area contributed by atoms with Gasteiger partial charge in [0.2, 0.25) is 0 Å². The van der Waals surface area contributed by atoms with Crippen LogP contribution >= 0.6 is 23.2 Å². The third-order valence-corrected chi connectivity index (χ3v) is 6.16. The van der Waals surface area contributed by atoms with Gasteiger partial charge in [-0.05, 0) is 38.5 Å². The van der Waals surface area contributed by atoms with Crippen molar-refractivity contribution in [1.82, 2.24) is 24.5 Å². The highest BCUT2D eigenvalue weighted by molar-refractivity contribution is 6.36. The van der Waals surface area contributed by atoms with Crippen LogP contribution in [0.3, 0.4) is 0 Å². The Hall–Kier alpha value is -2.91. The predicted octanol–water partition coefficient (Wildman–Crippen LogP) is 3.20. The first-order chi connectivity index (χ1) is 15.9. The lowest BCUT2D eigenvalue weighted by atomic mass is 10.1. The number of ether oxygens (including phenoxy) is 1. The maximum absolute atomic E-state index is 13.0.